The van der Waals surface area contributed by atoms with Crippen LogP contribution in [0.5, 0.6) is 0 Å². The van der Waals surface area contributed by atoms with Gasteiger partial charge in [0.25, 0.3) is 5.91 Å². The predicted molar refractivity (Wildman–Crippen MR) is 129 cm³/mol. The Bertz CT molecular complexity index is 1310. The summed E-state index contributed by atoms with van der Waals surface area (Å²) in [4.78, 5) is 24.8. The van der Waals surface area contributed by atoms with Crippen molar-refractivity contribution in [3.05, 3.63) is 73.7 Å². The highest BCUT2D eigenvalue weighted by Crippen LogP contribution is 2.42. The molecule has 0 spiro atoms. The Morgan fingerprint density at radius 2 is 1.50 bits per heavy atom. The first-order valence-corrected chi connectivity index (χ1v) is 12.1. The molecule has 0 bridgehead atoms. The third kappa shape index (κ3) is 7.76. The number of halogens is 12. The molecule has 3 rings (SSSR count). The van der Waals surface area contributed by atoms with E-state index in [4.69, 9.17) is 34.8 Å². The minimum Gasteiger partial charge on any atom is -0.345 e. The lowest BCUT2D eigenvalue weighted by Gasteiger charge is -2.20. The van der Waals surface area contributed by atoms with Crippen molar-refractivity contribution < 1.29 is 49.1 Å². The van der Waals surface area contributed by atoms with Crippen LogP contribution in [0.4, 0.5) is 39.5 Å². The molecule has 0 radical (unpaired) electrons. The van der Waals surface area contributed by atoms with E-state index >= 15 is 0 Å². The zero-order valence-electron chi connectivity index (χ0n) is 19.6. The van der Waals surface area contributed by atoms with Crippen LogP contribution in [0, 0.1) is 0 Å². The molecule has 0 aliphatic heterocycles. The molecule has 1 saturated carbocycles. The van der Waals surface area contributed by atoms with Crippen LogP contribution in [0.25, 0.3) is 6.08 Å². The lowest BCUT2D eigenvalue weighted by Crippen LogP contribution is -2.51. The number of amides is 2. The molecule has 40 heavy (non-hydrogen) atoms. The van der Waals surface area contributed by atoms with Gasteiger partial charge in [0.15, 0.2) is 0 Å². The number of alkyl halides is 9. The van der Waals surface area contributed by atoms with Gasteiger partial charge in [-0.3, -0.25) is 9.59 Å². The molecule has 1 atom stereocenters. The van der Waals surface area contributed by atoms with E-state index in [9.17, 15) is 49.1 Å². The molecule has 2 N–H and O–H groups in total. The number of hydrogen-bond donors (Lipinski definition) is 2. The van der Waals surface area contributed by atoms with Crippen molar-refractivity contribution in [1.29, 1.82) is 0 Å². The number of nitrogens with one attached hydrogen (secondary N) is 2. The molecule has 2 amide bonds. The van der Waals surface area contributed by atoms with Crippen molar-refractivity contribution in [2.45, 2.75) is 42.8 Å². The molecular formula is C24H16Cl3F9N2O2. The highest BCUT2D eigenvalue weighted by molar-refractivity contribution is 6.48. The fourth-order valence-electron chi connectivity index (χ4n) is 3.64. The summed E-state index contributed by atoms with van der Waals surface area (Å²) in [5.74, 6) is -4.96. The first kappa shape index (κ1) is 31.9. The van der Waals surface area contributed by atoms with Gasteiger partial charge in [0, 0.05) is 0 Å². The van der Waals surface area contributed by atoms with E-state index in [-0.39, 0.29) is 33.5 Å². The molecule has 1 aliphatic carbocycles. The smallest absolute Gasteiger partial charge is 0.345 e. The molecule has 2 aromatic carbocycles. The Morgan fingerprint density at radius 1 is 0.925 bits per heavy atom. The first-order valence-electron chi connectivity index (χ1n) is 11.0. The molecule has 218 valence electrons. The fraction of sp³-hybridized carbons (Fsp3) is 0.333. The Hall–Kier alpha value is -2.64. The van der Waals surface area contributed by atoms with Crippen molar-refractivity contribution in [3.8, 4) is 0 Å². The van der Waals surface area contributed by atoms with Gasteiger partial charge in [-0.05, 0) is 48.2 Å². The van der Waals surface area contributed by atoms with Crippen LogP contribution >= 0.6 is 34.8 Å². The van der Waals surface area contributed by atoms with E-state index in [1.165, 1.54) is 0 Å². The Labute approximate surface area is 235 Å². The van der Waals surface area contributed by atoms with Crippen LogP contribution in [0.2, 0.25) is 15.1 Å². The van der Waals surface area contributed by atoms with Gasteiger partial charge < -0.3 is 10.6 Å². The topological polar surface area (TPSA) is 58.2 Å². The van der Waals surface area contributed by atoms with Crippen LogP contribution < -0.4 is 10.6 Å². The van der Waals surface area contributed by atoms with Gasteiger partial charge in [-0.15, -0.1) is 0 Å². The minimum absolute atomic E-state index is 0.109. The first-order chi connectivity index (χ1) is 18.2. The number of benzene rings is 2. The van der Waals surface area contributed by atoms with E-state index in [1.807, 2.05) is 5.32 Å². The standard InChI is InChI=1S/C24H16Cl3F9N2O2/c25-16-8-12(9-17(26)18(16)27)14(23(31,32)33)4-2-11-1-3-13(15(7-11)24(34,35)36)19(39)38-21(5-6-21)20(40)37-10-22(28,29)30/h1-4,7-9,14H,5-6,10H2,(H,37,40)(H,38,39). The van der Waals surface area contributed by atoms with E-state index in [2.05, 4.69) is 0 Å². The van der Waals surface area contributed by atoms with E-state index in [0.717, 1.165) is 24.3 Å². The van der Waals surface area contributed by atoms with Gasteiger partial charge in [0.1, 0.15) is 12.1 Å². The van der Waals surface area contributed by atoms with E-state index in [0.29, 0.717) is 18.2 Å². The highest BCUT2D eigenvalue weighted by Gasteiger charge is 2.52. The monoisotopic (exact) mass is 640 g/mol. The van der Waals surface area contributed by atoms with Crippen LogP contribution in [-0.2, 0) is 11.0 Å². The number of carbonyl (C=O) groups is 2. The van der Waals surface area contributed by atoms with Gasteiger partial charge in [-0.1, -0.05) is 53.0 Å². The molecule has 0 saturated heterocycles. The molecule has 16 heteroatoms. The van der Waals surface area contributed by atoms with Gasteiger partial charge in [-0.25, -0.2) is 0 Å². The summed E-state index contributed by atoms with van der Waals surface area (Å²) in [5.41, 5.74) is -5.14. The van der Waals surface area contributed by atoms with Crippen molar-refractivity contribution >= 4 is 52.7 Å². The quantitative estimate of drug-likeness (QED) is 0.238. The third-order valence-corrected chi connectivity index (χ3v) is 6.98. The normalized spacial score (nSPS) is 16.1. The third-order valence-electron chi connectivity index (χ3n) is 5.78. The molecule has 0 heterocycles. The van der Waals surface area contributed by atoms with Gasteiger partial charge in [0.05, 0.1) is 32.1 Å². The van der Waals surface area contributed by atoms with Crippen molar-refractivity contribution in [3.63, 3.8) is 0 Å². The highest BCUT2D eigenvalue weighted by atomic mass is 35.5. The maximum absolute atomic E-state index is 13.8. The summed E-state index contributed by atoms with van der Waals surface area (Å²) >= 11 is 17.4. The average molecular weight is 642 g/mol. The zero-order valence-corrected chi connectivity index (χ0v) is 21.9. The Balaban J connectivity index is 1.90. The second-order valence-electron chi connectivity index (χ2n) is 8.81. The summed E-state index contributed by atoms with van der Waals surface area (Å²) in [6, 6.07) is 3.85. The summed E-state index contributed by atoms with van der Waals surface area (Å²) < 4.78 is 120. The van der Waals surface area contributed by atoms with Crippen LogP contribution in [0.15, 0.2) is 36.4 Å². The lowest BCUT2D eigenvalue weighted by atomic mass is 9.96. The lowest BCUT2D eigenvalue weighted by molar-refractivity contribution is -0.140. The van der Waals surface area contributed by atoms with E-state index in [1.54, 1.807) is 5.32 Å². The zero-order chi connectivity index (χ0) is 30.3. The molecule has 2 aromatic rings. The maximum atomic E-state index is 13.8. The predicted octanol–water partition coefficient (Wildman–Crippen LogP) is 7.97. The number of allylic oxidation sites excluding steroid dienone is 1. The average Bonchev–Trinajstić information content (AvgIpc) is 3.59. The SMILES string of the molecule is O=C(NC1(C(=O)NCC(F)(F)F)CC1)c1ccc(C=CC(c2cc(Cl)c(Cl)c(Cl)c2)C(F)(F)F)cc1C(F)(F)F. The van der Waals surface area contributed by atoms with Crippen LogP contribution in [0.3, 0.4) is 0 Å². The number of carbonyl (C=O) groups excluding carboxylic acids is 2. The second kappa shape index (κ2) is 11.3. The molecule has 1 unspecified atom stereocenters. The molecule has 1 fully saturated rings. The van der Waals surface area contributed by atoms with Crippen molar-refractivity contribution in [2.75, 3.05) is 6.54 Å². The van der Waals surface area contributed by atoms with Gasteiger partial charge >= 0.3 is 18.5 Å². The van der Waals surface area contributed by atoms with Crippen LogP contribution in [0.1, 0.15) is 45.8 Å². The number of hydrogen-bond acceptors (Lipinski definition) is 2. The molecule has 4 nitrogen and oxygen atoms in total. The maximum Gasteiger partial charge on any atom is 0.417 e. The Kier molecular flexibility index (Phi) is 9.03. The summed E-state index contributed by atoms with van der Waals surface area (Å²) in [6.07, 6.45) is -13.7. The summed E-state index contributed by atoms with van der Waals surface area (Å²) in [6.45, 7) is -1.70. The Morgan fingerprint density at radius 3 is 1.98 bits per heavy atom. The van der Waals surface area contributed by atoms with E-state index < -0.39 is 65.0 Å². The van der Waals surface area contributed by atoms with Crippen molar-refractivity contribution in [2.24, 2.45) is 0 Å². The second-order valence-corrected chi connectivity index (χ2v) is 10.0. The van der Waals surface area contributed by atoms with Crippen molar-refractivity contribution in [1.82, 2.24) is 10.6 Å². The number of rotatable bonds is 7. The molecule has 0 aromatic heterocycles. The summed E-state index contributed by atoms with van der Waals surface area (Å²) in [5, 5.41) is 2.87. The van der Waals surface area contributed by atoms with Crippen LogP contribution in [-0.4, -0.2) is 36.3 Å². The summed E-state index contributed by atoms with van der Waals surface area (Å²) in [7, 11) is 0. The minimum atomic E-state index is -5.16. The molecular weight excluding hydrogens is 626 g/mol. The molecule has 1 aliphatic rings. The van der Waals surface area contributed by atoms with Gasteiger partial charge in [0.2, 0.25) is 5.91 Å². The fourth-order valence-corrected chi connectivity index (χ4v) is 4.25. The largest absolute Gasteiger partial charge is 0.417 e. The van der Waals surface area contributed by atoms with Gasteiger partial charge in [-0.2, -0.15) is 39.5 Å².